The van der Waals surface area contributed by atoms with E-state index in [1.807, 2.05) is 0 Å². The predicted octanol–water partition coefficient (Wildman–Crippen LogP) is 0.231. The van der Waals surface area contributed by atoms with Crippen molar-refractivity contribution in [3.05, 3.63) is 12.2 Å². The van der Waals surface area contributed by atoms with Gasteiger partial charge in [-0.3, -0.25) is 0 Å². The molecule has 0 bridgehead atoms. The van der Waals surface area contributed by atoms with E-state index in [9.17, 15) is 9.59 Å². The average Bonchev–Trinajstić information content (AvgIpc) is 2.70. The minimum absolute atomic E-state index is 0.0463. The number of aliphatic carboxylic acids is 1. The van der Waals surface area contributed by atoms with E-state index in [4.69, 9.17) is 5.11 Å². The number of carbonyl (C=O) groups is 2. The fourth-order valence-corrected chi connectivity index (χ4v) is 0.134. The lowest BCUT2D eigenvalue weighted by molar-refractivity contribution is -0.132. The number of rotatable bonds is 2. The predicted molar refractivity (Wildman–Crippen MR) is 38.3 cm³/mol. The molecule has 1 aliphatic heterocycles. The Morgan fingerprint density at radius 2 is 2.18 bits per heavy atom. The third-order valence-electron chi connectivity index (χ3n) is 0.876. The first-order valence-electron chi connectivity index (χ1n) is 3.03. The van der Waals surface area contributed by atoms with Gasteiger partial charge in [-0.2, -0.15) is 0 Å². The minimum atomic E-state index is -0.935. The molecule has 0 radical (unpaired) electrons. The van der Waals surface area contributed by atoms with Gasteiger partial charge >= 0.3 is 5.97 Å². The Bertz CT molecular complexity index is 157. The smallest absolute Gasteiger partial charge is 0.330 e. The van der Waals surface area contributed by atoms with E-state index >= 15 is 0 Å². The molecule has 1 heterocycles. The maximum absolute atomic E-state index is 9.60. The summed E-state index contributed by atoms with van der Waals surface area (Å²) in [5.74, 6) is -0.935. The highest BCUT2D eigenvalue weighted by atomic mass is 16.6. The molecule has 1 saturated heterocycles. The van der Waals surface area contributed by atoms with E-state index < -0.39 is 5.97 Å². The Hall–Kier alpha value is -1.16. The summed E-state index contributed by atoms with van der Waals surface area (Å²) in [6.45, 7) is 5.24. The van der Waals surface area contributed by atoms with Gasteiger partial charge in [0.05, 0.1) is 6.61 Å². The van der Waals surface area contributed by atoms with E-state index in [1.165, 1.54) is 6.92 Å². The van der Waals surface area contributed by atoms with Gasteiger partial charge in [-0.25, -0.2) is 4.79 Å². The van der Waals surface area contributed by atoms with Crippen LogP contribution in [0.4, 0.5) is 0 Å². The number of hydrogen-bond acceptors (Lipinski definition) is 3. The number of aldehydes is 1. The molecule has 1 unspecified atom stereocenters. The SMILES string of the molecule is C=C(C)C(=O)O.O=CC1CO1. The molecule has 1 aliphatic rings. The molecule has 0 aromatic heterocycles. The molecule has 1 fully saturated rings. The molecular weight excluding hydrogens is 148 g/mol. The Kier molecular flexibility index (Phi) is 4.14. The molecule has 0 aliphatic carbocycles. The van der Waals surface area contributed by atoms with Crippen LogP contribution in [0.15, 0.2) is 12.2 Å². The molecule has 0 amide bonds. The van der Waals surface area contributed by atoms with Crippen molar-refractivity contribution in [2.45, 2.75) is 13.0 Å². The number of ether oxygens (including phenoxy) is 1. The van der Waals surface area contributed by atoms with Crippen molar-refractivity contribution >= 4 is 12.3 Å². The summed E-state index contributed by atoms with van der Waals surface area (Å²) in [6.07, 6.45) is 0.759. The average molecular weight is 158 g/mol. The molecule has 0 aromatic rings. The third-order valence-corrected chi connectivity index (χ3v) is 0.876. The first kappa shape index (κ1) is 9.84. The zero-order chi connectivity index (χ0) is 8.85. The lowest BCUT2D eigenvalue weighted by Gasteiger charge is -1.79. The first-order valence-corrected chi connectivity index (χ1v) is 3.03. The van der Waals surface area contributed by atoms with Crippen LogP contribution in [0.2, 0.25) is 0 Å². The van der Waals surface area contributed by atoms with Gasteiger partial charge in [0.15, 0.2) is 6.29 Å². The number of hydrogen-bond donors (Lipinski definition) is 1. The zero-order valence-corrected chi connectivity index (χ0v) is 6.24. The highest BCUT2D eigenvalue weighted by Gasteiger charge is 2.19. The lowest BCUT2D eigenvalue weighted by atomic mass is 10.4. The zero-order valence-electron chi connectivity index (χ0n) is 6.24. The molecule has 11 heavy (non-hydrogen) atoms. The maximum Gasteiger partial charge on any atom is 0.330 e. The second-order valence-electron chi connectivity index (χ2n) is 2.09. The van der Waals surface area contributed by atoms with E-state index in [-0.39, 0.29) is 11.7 Å². The largest absolute Gasteiger partial charge is 0.478 e. The van der Waals surface area contributed by atoms with Gasteiger partial charge in [0.25, 0.3) is 0 Å². The lowest BCUT2D eigenvalue weighted by Crippen LogP contribution is -1.92. The van der Waals surface area contributed by atoms with Crippen LogP contribution in [-0.2, 0) is 14.3 Å². The van der Waals surface area contributed by atoms with E-state index in [2.05, 4.69) is 11.3 Å². The normalized spacial score (nSPS) is 19.2. The monoisotopic (exact) mass is 158 g/mol. The van der Waals surface area contributed by atoms with Crippen molar-refractivity contribution < 1.29 is 19.4 Å². The summed E-state index contributed by atoms with van der Waals surface area (Å²) in [7, 11) is 0. The van der Waals surface area contributed by atoms with Gasteiger partial charge in [-0.1, -0.05) is 6.58 Å². The van der Waals surface area contributed by atoms with Crippen LogP contribution < -0.4 is 0 Å². The first-order chi connectivity index (χ1) is 5.07. The highest BCUT2D eigenvalue weighted by molar-refractivity contribution is 5.84. The molecule has 0 saturated carbocycles. The Morgan fingerprint density at radius 1 is 1.82 bits per heavy atom. The molecule has 0 spiro atoms. The topological polar surface area (TPSA) is 66.9 Å². The molecule has 1 rings (SSSR count). The second-order valence-corrected chi connectivity index (χ2v) is 2.09. The van der Waals surface area contributed by atoms with Crippen molar-refractivity contribution in [1.82, 2.24) is 0 Å². The summed E-state index contributed by atoms with van der Waals surface area (Å²) in [4.78, 5) is 19.0. The van der Waals surface area contributed by atoms with E-state index in [0.29, 0.717) is 6.61 Å². The fourth-order valence-electron chi connectivity index (χ4n) is 0.134. The van der Waals surface area contributed by atoms with Crippen LogP contribution in [0.5, 0.6) is 0 Å². The number of carboxylic acids is 1. The van der Waals surface area contributed by atoms with Crippen molar-refractivity contribution in [3.8, 4) is 0 Å². The standard InChI is InChI=1S/C4H6O2.C3H4O2/c1-3(2)4(5)6;4-1-3-2-5-3/h1H2,2H3,(H,5,6);1,3H,2H2. The van der Waals surface area contributed by atoms with Crippen molar-refractivity contribution in [2.24, 2.45) is 0 Å². The molecule has 1 atom stereocenters. The van der Waals surface area contributed by atoms with Gasteiger partial charge < -0.3 is 14.6 Å². The summed E-state index contributed by atoms with van der Waals surface area (Å²) in [6, 6.07) is 0. The summed E-state index contributed by atoms with van der Waals surface area (Å²) in [5.41, 5.74) is 0.176. The molecule has 4 nitrogen and oxygen atoms in total. The van der Waals surface area contributed by atoms with Crippen molar-refractivity contribution in [3.63, 3.8) is 0 Å². The number of epoxide rings is 1. The van der Waals surface area contributed by atoms with Gasteiger partial charge in [0.1, 0.15) is 6.10 Å². The minimum Gasteiger partial charge on any atom is -0.478 e. The number of carbonyl (C=O) groups excluding carboxylic acids is 1. The van der Waals surface area contributed by atoms with Crippen LogP contribution >= 0.6 is 0 Å². The van der Waals surface area contributed by atoms with Crippen LogP contribution in [0.1, 0.15) is 6.92 Å². The summed E-state index contributed by atoms with van der Waals surface area (Å²) in [5, 5.41) is 7.89. The third kappa shape index (κ3) is 6.73. The highest BCUT2D eigenvalue weighted by Crippen LogP contribution is 2.02. The van der Waals surface area contributed by atoms with E-state index in [0.717, 1.165) is 6.29 Å². The Labute approximate surface area is 64.5 Å². The van der Waals surface area contributed by atoms with Gasteiger partial charge in [0, 0.05) is 5.57 Å². The van der Waals surface area contributed by atoms with Gasteiger partial charge in [-0.15, -0.1) is 0 Å². The van der Waals surface area contributed by atoms with Crippen molar-refractivity contribution in [1.29, 1.82) is 0 Å². The van der Waals surface area contributed by atoms with Crippen molar-refractivity contribution in [2.75, 3.05) is 6.61 Å². The maximum atomic E-state index is 9.60. The molecule has 0 aromatic carbocycles. The van der Waals surface area contributed by atoms with Gasteiger partial charge in [-0.05, 0) is 6.92 Å². The number of carboxylic acid groups (broad SMARTS) is 1. The molecular formula is C7H10O4. The Balaban J connectivity index is 0.000000183. The molecule has 1 N–H and O–H groups in total. The summed E-state index contributed by atoms with van der Waals surface area (Å²) < 4.78 is 4.49. The molecule has 62 valence electrons. The van der Waals surface area contributed by atoms with Crippen LogP contribution in [0.3, 0.4) is 0 Å². The Morgan fingerprint density at radius 3 is 2.18 bits per heavy atom. The fraction of sp³-hybridized carbons (Fsp3) is 0.429. The quantitative estimate of drug-likeness (QED) is 0.355. The van der Waals surface area contributed by atoms with Crippen LogP contribution in [0.25, 0.3) is 0 Å². The summed E-state index contributed by atoms with van der Waals surface area (Å²) >= 11 is 0. The molecule has 4 heteroatoms. The van der Waals surface area contributed by atoms with E-state index in [1.54, 1.807) is 0 Å². The van der Waals surface area contributed by atoms with Crippen LogP contribution in [-0.4, -0.2) is 30.1 Å². The van der Waals surface area contributed by atoms with Gasteiger partial charge in [0.2, 0.25) is 0 Å². The van der Waals surface area contributed by atoms with Crippen LogP contribution in [0, 0.1) is 0 Å². The second kappa shape index (κ2) is 4.62.